The lowest BCUT2D eigenvalue weighted by atomic mass is 10.0. The van der Waals surface area contributed by atoms with Crippen LogP contribution in [0, 0.1) is 18.3 Å². The summed E-state index contributed by atoms with van der Waals surface area (Å²) in [5.41, 5.74) is 2.38. The molecule has 4 rings (SSSR count). The van der Waals surface area contributed by atoms with E-state index < -0.39 is 0 Å². The van der Waals surface area contributed by atoms with Gasteiger partial charge in [0, 0.05) is 31.7 Å². The Morgan fingerprint density at radius 1 is 1.13 bits per heavy atom. The Kier molecular flexibility index (Phi) is 9.29. The molecule has 200 valence electrons. The van der Waals surface area contributed by atoms with Crippen molar-refractivity contribution in [2.75, 3.05) is 31.6 Å². The van der Waals surface area contributed by atoms with Gasteiger partial charge in [0.15, 0.2) is 0 Å². The number of unbranched alkanes of at least 4 members (excludes halogenated alkanes) is 1. The Balaban J connectivity index is 1.71. The van der Waals surface area contributed by atoms with E-state index in [9.17, 15) is 14.9 Å². The van der Waals surface area contributed by atoms with E-state index in [1.165, 1.54) is 11.8 Å². The van der Waals surface area contributed by atoms with Crippen molar-refractivity contribution >= 4 is 46.1 Å². The van der Waals surface area contributed by atoms with Crippen LogP contribution in [0.1, 0.15) is 61.3 Å². The van der Waals surface area contributed by atoms with E-state index in [0.29, 0.717) is 34.3 Å². The van der Waals surface area contributed by atoms with Gasteiger partial charge in [-0.1, -0.05) is 49.5 Å². The van der Waals surface area contributed by atoms with E-state index in [1.807, 2.05) is 37.3 Å². The molecule has 2 aromatic rings. The first kappa shape index (κ1) is 27.9. The Hall–Kier alpha value is -3.09. The Morgan fingerprint density at radius 2 is 1.84 bits per heavy atom. The normalized spacial score (nSPS) is 16.8. The number of amides is 1. The lowest BCUT2D eigenvalue weighted by Gasteiger charge is -2.33. The molecule has 1 aromatic carbocycles. The van der Waals surface area contributed by atoms with Crippen LogP contribution in [0.15, 0.2) is 34.0 Å². The summed E-state index contributed by atoms with van der Waals surface area (Å²) < 4.78 is 7.51. The molecule has 2 aliphatic heterocycles. The minimum atomic E-state index is -0.247. The maximum Gasteiger partial charge on any atom is 0.270 e. The Morgan fingerprint density at radius 3 is 2.47 bits per heavy atom. The maximum atomic E-state index is 13.5. The van der Waals surface area contributed by atoms with Crippen LogP contribution in [0.2, 0.25) is 0 Å². The SMILES string of the molecule is CCCCn1c(N2CCCCC2)c(C=C2SC(=S)N(CCc3ccc(OC)cc3)C2=O)c(C)c(C#N)c1=O. The fourth-order valence-electron chi connectivity index (χ4n) is 4.97. The quantitative estimate of drug-likeness (QED) is 0.311. The zero-order valence-corrected chi connectivity index (χ0v) is 23.9. The van der Waals surface area contributed by atoms with Gasteiger partial charge in [-0.15, -0.1) is 0 Å². The zero-order valence-electron chi connectivity index (χ0n) is 22.3. The summed E-state index contributed by atoms with van der Waals surface area (Å²) in [4.78, 5) is 31.3. The summed E-state index contributed by atoms with van der Waals surface area (Å²) in [5, 5.41) is 9.88. The highest BCUT2D eigenvalue weighted by atomic mass is 32.2. The number of rotatable bonds is 9. The van der Waals surface area contributed by atoms with Crippen molar-refractivity contribution in [3.05, 3.63) is 61.8 Å². The molecule has 0 radical (unpaired) electrons. The predicted molar refractivity (Wildman–Crippen MR) is 158 cm³/mol. The number of hydrogen-bond donors (Lipinski definition) is 0. The number of methoxy groups -OCH3 is 1. The largest absolute Gasteiger partial charge is 0.497 e. The van der Waals surface area contributed by atoms with Crippen molar-refractivity contribution in [2.24, 2.45) is 0 Å². The van der Waals surface area contributed by atoms with Crippen molar-refractivity contribution in [2.45, 2.75) is 58.9 Å². The van der Waals surface area contributed by atoms with Crippen molar-refractivity contribution in [3.8, 4) is 11.8 Å². The van der Waals surface area contributed by atoms with E-state index in [1.54, 1.807) is 16.6 Å². The molecule has 9 heteroatoms. The summed E-state index contributed by atoms with van der Waals surface area (Å²) in [6, 6.07) is 9.93. The number of carbonyl (C=O) groups is 1. The Bertz CT molecular complexity index is 1340. The molecule has 3 heterocycles. The number of thiocarbonyl (C=S) groups is 1. The number of hydrogen-bond acceptors (Lipinski definition) is 7. The second kappa shape index (κ2) is 12.6. The van der Waals surface area contributed by atoms with Crippen LogP contribution in [0.5, 0.6) is 5.75 Å². The van der Waals surface area contributed by atoms with Crippen molar-refractivity contribution in [3.63, 3.8) is 0 Å². The molecule has 0 aliphatic carbocycles. The van der Waals surface area contributed by atoms with Gasteiger partial charge < -0.3 is 9.64 Å². The molecule has 0 unspecified atom stereocenters. The number of thioether (sulfide) groups is 1. The third-order valence-corrected chi connectivity index (χ3v) is 8.55. The second-order valence-corrected chi connectivity index (χ2v) is 11.3. The molecule has 38 heavy (non-hydrogen) atoms. The maximum absolute atomic E-state index is 13.5. The van der Waals surface area contributed by atoms with E-state index in [2.05, 4.69) is 17.9 Å². The topological polar surface area (TPSA) is 78.6 Å². The third-order valence-electron chi connectivity index (χ3n) is 7.17. The number of anilines is 1. The minimum absolute atomic E-state index is 0.137. The molecule has 1 amide bonds. The molecule has 0 atom stereocenters. The molecule has 1 aromatic heterocycles. The van der Waals surface area contributed by atoms with E-state index in [4.69, 9.17) is 17.0 Å². The minimum Gasteiger partial charge on any atom is -0.497 e. The first-order valence-electron chi connectivity index (χ1n) is 13.2. The van der Waals surface area contributed by atoms with Gasteiger partial charge in [0.1, 0.15) is 27.5 Å². The van der Waals surface area contributed by atoms with Crippen LogP contribution in [0.3, 0.4) is 0 Å². The number of nitriles is 1. The van der Waals surface area contributed by atoms with Crippen LogP contribution in [-0.4, -0.2) is 46.4 Å². The van der Waals surface area contributed by atoms with Crippen LogP contribution in [0.4, 0.5) is 5.82 Å². The smallest absolute Gasteiger partial charge is 0.270 e. The summed E-state index contributed by atoms with van der Waals surface area (Å²) in [6.45, 7) is 6.61. The molecular formula is C29H34N4O3S2. The van der Waals surface area contributed by atoms with Crippen LogP contribution < -0.4 is 15.2 Å². The molecule has 2 saturated heterocycles. The average molecular weight is 551 g/mol. The summed E-state index contributed by atoms with van der Waals surface area (Å²) in [7, 11) is 1.63. The highest BCUT2D eigenvalue weighted by Gasteiger charge is 2.33. The molecule has 2 fully saturated rings. The first-order chi connectivity index (χ1) is 18.4. The molecule has 0 saturated carbocycles. The van der Waals surface area contributed by atoms with E-state index in [-0.39, 0.29) is 17.0 Å². The molecule has 2 aliphatic rings. The number of piperidine rings is 1. The highest BCUT2D eigenvalue weighted by Crippen LogP contribution is 2.36. The number of nitrogens with zero attached hydrogens (tertiary/aromatic N) is 4. The van der Waals surface area contributed by atoms with E-state index >= 15 is 0 Å². The number of carbonyl (C=O) groups excluding carboxylic acids is 1. The fourth-order valence-corrected chi connectivity index (χ4v) is 6.26. The standard InChI is InChI=1S/C29H34N4O3S2/c1-4-5-16-32-26(31-14-7-6-8-15-31)23(20(2)24(19-30)27(32)34)18-25-28(35)33(29(37)38-25)17-13-21-9-11-22(36-3)12-10-21/h9-12,18H,4-8,13-17H2,1-3H3. The summed E-state index contributed by atoms with van der Waals surface area (Å²) in [6.07, 6.45) is 7.55. The second-order valence-electron chi connectivity index (χ2n) is 9.64. The monoisotopic (exact) mass is 550 g/mol. The van der Waals surface area contributed by atoms with Gasteiger partial charge in [0.2, 0.25) is 0 Å². The van der Waals surface area contributed by atoms with Gasteiger partial charge in [0.05, 0.1) is 12.0 Å². The molecule has 0 N–H and O–H groups in total. The van der Waals surface area contributed by atoms with Gasteiger partial charge >= 0.3 is 0 Å². The van der Waals surface area contributed by atoms with Gasteiger partial charge in [-0.2, -0.15) is 5.26 Å². The predicted octanol–water partition coefficient (Wildman–Crippen LogP) is 5.27. The summed E-state index contributed by atoms with van der Waals surface area (Å²) >= 11 is 6.88. The lowest BCUT2D eigenvalue weighted by molar-refractivity contribution is -0.122. The van der Waals surface area contributed by atoms with Crippen LogP contribution in [-0.2, 0) is 17.8 Å². The van der Waals surface area contributed by atoms with Crippen molar-refractivity contribution in [1.82, 2.24) is 9.47 Å². The van der Waals surface area contributed by atoms with E-state index in [0.717, 1.165) is 67.9 Å². The number of benzene rings is 1. The Labute approximate surface area is 234 Å². The molecule has 0 spiro atoms. The number of pyridine rings is 1. The van der Waals surface area contributed by atoms with Gasteiger partial charge in [-0.25, -0.2) is 0 Å². The highest BCUT2D eigenvalue weighted by molar-refractivity contribution is 8.26. The molecule has 7 nitrogen and oxygen atoms in total. The zero-order chi connectivity index (χ0) is 27.2. The third kappa shape index (κ3) is 5.82. The average Bonchev–Trinajstić information content (AvgIpc) is 3.20. The number of aromatic nitrogens is 1. The summed E-state index contributed by atoms with van der Waals surface area (Å²) in [5.74, 6) is 1.48. The van der Waals surface area contributed by atoms with Crippen LogP contribution >= 0.6 is 24.0 Å². The molecule has 0 bridgehead atoms. The molecular weight excluding hydrogens is 516 g/mol. The van der Waals surface area contributed by atoms with Gasteiger partial charge in [-0.3, -0.25) is 19.1 Å². The van der Waals surface area contributed by atoms with Gasteiger partial charge in [-0.05, 0) is 68.4 Å². The van der Waals surface area contributed by atoms with Gasteiger partial charge in [0.25, 0.3) is 11.5 Å². The fraction of sp³-hybridized carbons (Fsp3) is 0.448. The van der Waals surface area contributed by atoms with Crippen molar-refractivity contribution in [1.29, 1.82) is 5.26 Å². The van der Waals surface area contributed by atoms with Crippen molar-refractivity contribution < 1.29 is 9.53 Å². The first-order valence-corrected chi connectivity index (χ1v) is 14.4. The lowest BCUT2D eigenvalue weighted by Crippen LogP contribution is -2.37. The van der Waals surface area contributed by atoms with Crippen LogP contribution in [0.25, 0.3) is 6.08 Å². The number of ether oxygens (including phenoxy) is 1.